The normalized spacial score (nSPS) is 14.8. The summed E-state index contributed by atoms with van der Waals surface area (Å²) in [4.78, 5) is 2.41. The van der Waals surface area contributed by atoms with E-state index in [1.807, 2.05) is 18.3 Å². The van der Waals surface area contributed by atoms with Crippen LogP contribution in [-0.4, -0.2) is 40.9 Å². The van der Waals surface area contributed by atoms with Crippen molar-refractivity contribution in [2.45, 2.75) is 12.8 Å². The highest BCUT2D eigenvalue weighted by atomic mass is 35.5. The average Bonchev–Trinajstić information content (AvgIpc) is 3.13. The number of hydrogen-bond donors (Lipinski definition) is 0. The topological polar surface area (TPSA) is 30.3 Å². The maximum atomic E-state index is 6.02. The number of nitrogens with zero attached hydrogens (tertiary/aromatic N) is 3. The molecule has 2 aromatic rings. The molecule has 22 heavy (non-hydrogen) atoms. The van der Waals surface area contributed by atoms with E-state index in [0.717, 1.165) is 12.2 Å². The molecule has 0 radical (unpaired) electrons. The van der Waals surface area contributed by atoms with E-state index in [9.17, 15) is 0 Å². The maximum Gasteiger partial charge on any atom is 0.233 e. The molecule has 0 atom stereocenters. The molecule has 0 spiro atoms. The number of halogens is 3. The van der Waals surface area contributed by atoms with E-state index in [1.54, 1.807) is 16.8 Å². The molecule has 1 fully saturated rings. The number of benzene rings is 1. The fourth-order valence-corrected chi connectivity index (χ4v) is 2.73. The van der Waals surface area contributed by atoms with Crippen molar-refractivity contribution >= 4 is 35.6 Å². The fourth-order valence-electron chi connectivity index (χ4n) is 2.44. The molecule has 120 valence electrons. The van der Waals surface area contributed by atoms with Crippen molar-refractivity contribution in [1.82, 2.24) is 14.7 Å². The Kier molecular flexibility index (Phi) is 6.38. The molecule has 0 saturated carbocycles. The highest BCUT2D eigenvalue weighted by molar-refractivity contribution is 6.42. The Labute approximate surface area is 146 Å². The minimum Gasteiger partial charge on any atom is -0.475 e. The molecule has 1 saturated heterocycles. The van der Waals surface area contributed by atoms with Gasteiger partial charge >= 0.3 is 0 Å². The first-order valence-corrected chi connectivity index (χ1v) is 7.84. The summed E-state index contributed by atoms with van der Waals surface area (Å²) >= 11 is 11.9. The van der Waals surface area contributed by atoms with Crippen LogP contribution in [0, 0.1) is 0 Å². The Hall–Kier alpha value is -0.940. The van der Waals surface area contributed by atoms with Crippen molar-refractivity contribution < 1.29 is 4.74 Å². The zero-order valence-electron chi connectivity index (χ0n) is 12.0. The van der Waals surface area contributed by atoms with Gasteiger partial charge in [-0.2, -0.15) is 0 Å². The highest BCUT2D eigenvalue weighted by Gasteiger charge is 2.11. The number of likely N-dealkylation sites (tertiary alicyclic amines) is 1. The van der Waals surface area contributed by atoms with Crippen LogP contribution in [0.5, 0.6) is 5.88 Å². The van der Waals surface area contributed by atoms with Crippen molar-refractivity contribution in [2.24, 2.45) is 0 Å². The second-order valence-electron chi connectivity index (χ2n) is 5.09. The fraction of sp³-hybridized carbons (Fsp3) is 0.400. The molecule has 1 aliphatic rings. The van der Waals surface area contributed by atoms with Gasteiger partial charge in [-0.15, -0.1) is 17.5 Å². The highest BCUT2D eigenvalue weighted by Crippen LogP contribution is 2.24. The lowest BCUT2D eigenvalue weighted by Gasteiger charge is -2.13. The maximum absolute atomic E-state index is 6.02. The third-order valence-electron chi connectivity index (χ3n) is 3.59. The van der Waals surface area contributed by atoms with Gasteiger partial charge in [-0.25, -0.2) is 4.68 Å². The lowest BCUT2D eigenvalue weighted by atomic mass is 10.3. The van der Waals surface area contributed by atoms with Gasteiger partial charge in [-0.1, -0.05) is 23.2 Å². The van der Waals surface area contributed by atoms with Crippen LogP contribution in [0.25, 0.3) is 5.69 Å². The zero-order valence-corrected chi connectivity index (χ0v) is 14.4. The minimum atomic E-state index is 0. The van der Waals surface area contributed by atoms with Gasteiger partial charge in [0.15, 0.2) is 0 Å². The summed E-state index contributed by atoms with van der Waals surface area (Å²) in [6, 6.07) is 7.27. The lowest BCUT2D eigenvalue weighted by molar-refractivity contribution is 0.231. The van der Waals surface area contributed by atoms with Gasteiger partial charge in [0, 0.05) is 18.8 Å². The SMILES string of the molecule is Cl.Clc1ccc(-n2ccc(OCCN3CCCC3)n2)cc1Cl. The van der Waals surface area contributed by atoms with Crippen LogP contribution in [0.15, 0.2) is 30.5 Å². The van der Waals surface area contributed by atoms with Crippen LogP contribution in [0.3, 0.4) is 0 Å². The third kappa shape index (κ3) is 4.29. The summed E-state index contributed by atoms with van der Waals surface area (Å²) in [6.07, 6.45) is 4.45. The first-order chi connectivity index (χ1) is 10.2. The Morgan fingerprint density at radius 3 is 2.59 bits per heavy atom. The van der Waals surface area contributed by atoms with Gasteiger partial charge in [0.2, 0.25) is 5.88 Å². The Morgan fingerprint density at radius 2 is 1.86 bits per heavy atom. The van der Waals surface area contributed by atoms with Crippen molar-refractivity contribution in [3.8, 4) is 11.6 Å². The summed E-state index contributed by atoms with van der Waals surface area (Å²) in [5.41, 5.74) is 0.860. The largest absolute Gasteiger partial charge is 0.475 e. The predicted molar refractivity (Wildman–Crippen MR) is 92.0 cm³/mol. The quantitative estimate of drug-likeness (QED) is 0.803. The molecular weight excluding hydrogens is 345 g/mol. The predicted octanol–water partition coefficient (Wildman–Crippen LogP) is 4.08. The van der Waals surface area contributed by atoms with E-state index in [0.29, 0.717) is 22.5 Å². The molecule has 0 aliphatic carbocycles. The monoisotopic (exact) mass is 361 g/mol. The van der Waals surface area contributed by atoms with Gasteiger partial charge in [0.05, 0.1) is 15.7 Å². The van der Waals surface area contributed by atoms with E-state index in [-0.39, 0.29) is 12.4 Å². The molecule has 0 N–H and O–H groups in total. The lowest BCUT2D eigenvalue weighted by Crippen LogP contribution is -2.25. The molecule has 0 unspecified atom stereocenters. The van der Waals surface area contributed by atoms with E-state index >= 15 is 0 Å². The molecule has 3 rings (SSSR count). The summed E-state index contributed by atoms with van der Waals surface area (Å²) in [7, 11) is 0. The standard InChI is InChI=1S/C15H17Cl2N3O.ClH/c16-13-4-3-12(11-14(13)17)20-8-5-15(18-20)21-10-9-19-6-1-2-7-19;/h3-5,8,11H,1-2,6-7,9-10H2;1H. The van der Waals surface area contributed by atoms with Crippen LogP contribution in [0.2, 0.25) is 10.0 Å². The van der Waals surface area contributed by atoms with Crippen LogP contribution in [0.4, 0.5) is 0 Å². The molecule has 1 aromatic heterocycles. The molecule has 4 nitrogen and oxygen atoms in total. The second-order valence-corrected chi connectivity index (χ2v) is 5.91. The molecule has 0 bridgehead atoms. The van der Waals surface area contributed by atoms with Gasteiger partial charge in [-0.05, 0) is 44.1 Å². The van der Waals surface area contributed by atoms with E-state index in [4.69, 9.17) is 27.9 Å². The smallest absolute Gasteiger partial charge is 0.233 e. The first kappa shape index (κ1) is 17.4. The van der Waals surface area contributed by atoms with Crippen LogP contribution in [-0.2, 0) is 0 Å². The van der Waals surface area contributed by atoms with Crippen LogP contribution >= 0.6 is 35.6 Å². The molecule has 0 amide bonds. The average molecular weight is 363 g/mol. The van der Waals surface area contributed by atoms with Crippen molar-refractivity contribution in [2.75, 3.05) is 26.2 Å². The summed E-state index contributed by atoms with van der Waals surface area (Å²) in [5, 5.41) is 5.44. The summed E-state index contributed by atoms with van der Waals surface area (Å²) in [5.74, 6) is 0.625. The van der Waals surface area contributed by atoms with Crippen LogP contribution in [0.1, 0.15) is 12.8 Å². The molecular formula is C15H18Cl3N3O. The number of rotatable bonds is 5. The van der Waals surface area contributed by atoms with Crippen molar-refractivity contribution in [3.63, 3.8) is 0 Å². The molecule has 2 heterocycles. The van der Waals surface area contributed by atoms with E-state index in [1.165, 1.54) is 25.9 Å². The Balaban J connectivity index is 0.00000176. The zero-order chi connectivity index (χ0) is 14.7. The molecule has 7 heteroatoms. The van der Waals surface area contributed by atoms with E-state index < -0.39 is 0 Å². The number of hydrogen-bond acceptors (Lipinski definition) is 3. The minimum absolute atomic E-state index is 0. The second kappa shape index (κ2) is 8.06. The van der Waals surface area contributed by atoms with Crippen molar-refractivity contribution in [1.29, 1.82) is 0 Å². The number of ether oxygens (including phenoxy) is 1. The van der Waals surface area contributed by atoms with Crippen molar-refractivity contribution in [3.05, 3.63) is 40.5 Å². The number of aromatic nitrogens is 2. The summed E-state index contributed by atoms with van der Waals surface area (Å²) in [6.45, 7) is 3.99. The first-order valence-electron chi connectivity index (χ1n) is 7.08. The summed E-state index contributed by atoms with van der Waals surface area (Å²) < 4.78 is 7.42. The Morgan fingerprint density at radius 1 is 1.09 bits per heavy atom. The Bertz CT molecular complexity index is 612. The van der Waals surface area contributed by atoms with E-state index in [2.05, 4.69) is 10.00 Å². The van der Waals surface area contributed by atoms with Gasteiger partial charge in [0.1, 0.15) is 6.61 Å². The van der Waals surface area contributed by atoms with Gasteiger partial charge in [-0.3, -0.25) is 4.90 Å². The van der Waals surface area contributed by atoms with Gasteiger partial charge in [0.25, 0.3) is 0 Å². The van der Waals surface area contributed by atoms with Gasteiger partial charge < -0.3 is 4.74 Å². The molecule has 1 aliphatic heterocycles. The van der Waals surface area contributed by atoms with Crippen LogP contribution < -0.4 is 4.74 Å². The molecule has 1 aromatic carbocycles. The third-order valence-corrected chi connectivity index (χ3v) is 4.33.